The number of nitrogens with zero attached hydrogens (tertiary/aromatic N) is 2. The normalized spacial score (nSPS) is 12.5. The van der Waals surface area contributed by atoms with Crippen molar-refractivity contribution in [3.05, 3.63) is 27.9 Å². The van der Waals surface area contributed by atoms with Gasteiger partial charge < -0.3 is 5.32 Å². The van der Waals surface area contributed by atoms with Crippen molar-refractivity contribution in [2.75, 3.05) is 5.32 Å². The molecule has 1 unspecified atom stereocenters. The zero-order valence-corrected chi connectivity index (χ0v) is 11.4. The Labute approximate surface area is 108 Å². The molecule has 0 radical (unpaired) electrons. The smallest absolute Gasteiger partial charge is 0.311 e. The maximum Gasteiger partial charge on any atom is 0.311 e. The van der Waals surface area contributed by atoms with Crippen molar-refractivity contribution >= 4 is 11.5 Å². The lowest BCUT2D eigenvalue weighted by molar-refractivity contribution is -0.384. The van der Waals surface area contributed by atoms with Crippen LogP contribution in [0.5, 0.6) is 0 Å². The highest BCUT2D eigenvalue weighted by Gasteiger charge is 2.20. The highest BCUT2D eigenvalue weighted by Crippen LogP contribution is 2.25. The Morgan fingerprint density at radius 2 is 2.00 bits per heavy atom. The standard InChI is InChI=1S/C13H21N3O2/c1-5-11(6-2)10(4)15-13-12(16(17)18)8-7-9(3)14-13/h7-8,10-11H,5-6H2,1-4H3,(H,14,15). The Morgan fingerprint density at radius 1 is 1.39 bits per heavy atom. The van der Waals surface area contributed by atoms with Crippen molar-refractivity contribution in [1.29, 1.82) is 0 Å². The van der Waals surface area contributed by atoms with Gasteiger partial charge in [-0.1, -0.05) is 26.7 Å². The quantitative estimate of drug-likeness (QED) is 0.620. The summed E-state index contributed by atoms with van der Waals surface area (Å²) in [6.07, 6.45) is 2.09. The molecule has 0 aliphatic rings. The molecule has 5 nitrogen and oxygen atoms in total. The second-order valence-electron chi connectivity index (χ2n) is 4.59. The van der Waals surface area contributed by atoms with Crippen LogP contribution in [-0.4, -0.2) is 15.9 Å². The van der Waals surface area contributed by atoms with E-state index in [4.69, 9.17) is 0 Å². The lowest BCUT2D eigenvalue weighted by Crippen LogP contribution is -2.26. The molecule has 18 heavy (non-hydrogen) atoms. The summed E-state index contributed by atoms with van der Waals surface area (Å²) in [5.74, 6) is 0.867. The minimum Gasteiger partial charge on any atom is -0.362 e. The second kappa shape index (κ2) is 6.33. The number of nitro groups is 1. The van der Waals surface area contributed by atoms with Gasteiger partial charge in [0.15, 0.2) is 0 Å². The molecule has 1 aromatic rings. The van der Waals surface area contributed by atoms with E-state index in [1.165, 1.54) is 6.07 Å². The number of aromatic nitrogens is 1. The molecule has 0 saturated carbocycles. The van der Waals surface area contributed by atoms with Gasteiger partial charge in [0, 0.05) is 17.8 Å². The third-order valence-electron chi connectivity index (χ3n) is 3.33. The highest BCUT2D eigenvalue weighted by molar-refractivity contribution is 5.56. The molecule has 5 heteroatoms. The average Bonchev–Trinajstić information content (AvgIpc) is 2.30. The predicted molar refractivity (Wildman–Crippen MR) is 72.8 cm³/mol. The molecule has 0 fully saturated rings. The SMILES string of the molecule is CCC(CC)C(C)Nc1nc(C)ccc1[N+](=O)[O-]. The summed E-state index contributed by atoms with van der Waals surface area (Å²) in [5, 5.41) is 14.1. The predicted octanol–water partition coefficient (Wildman–Crippen LogP) is 3.53. The maximum atomic E-state index is 10.9. The first kappa shape index (κ1) is 14.4. The third kappa shape index (κ3) is 3.42. The first-order chi connectivity index (χ1) is 8.49. The topological polar surface area (TPSA) is 68.1 Å². The summed E-state index contributed by atoms with van der Waals surface area (Å²) < 4.78 is 0. The molecule has 0 aliphatic heterocycles. The van der Waals surface area contributed by atoms with Gasteiger partial charge in [0.05, 0.1) is 4.92 Å². The average molecular weight is 251 g/mol. The Morgan fingerprint density at radius 3 is 2.50 bits per heavy atom. The Hall–Kier alpha value is -1.65. The number of hydrogen-bond acceptors (Lipinski definition) is 4. The van der Waals surface area contributed by atoms with E-state index in [-0.39, 0.29) is 11.7 Å². The van der Waals surface area contributed by atoms with Gasteiger partial charge in [-0.05, 0) is 25.8 Å². The lowest BCUT2D eigenvalue weighted by atomic mass is 9.95. The molecule has 0 bridgehead atoms. The maximum absolute atomic E-state index is 10.9. The first-order valence-corrected chi connectivity index (χ1v) is 6.38. The van der Waals surface area contributed by atoms with Gasteiger partial charge in [-0.2, -0.15) is 0 Å². The minimum atomic E-state index is -0.394. The summed E-state index contributed by atoms with van der Waals surface area (Å²) in [5.41, 5.74) is 0.818. The fourth-order valence-corrected chi connectivity index (χ4v) is 2.13. The zero-order chi connectivity index (χ0) is 13.7. The van der Waals surface area contributed by atoms with Crippen LogP contribution in [0.4, 0.5) is 11.5 Å². The summed E-state index contributed by atoms with van der Waals surface area (Å²) in [6.45, 7) is 8.14. The number of pyridine rings is 1. The van der Waals surface area contributed by atoms with Gasteiger partial charge in [-0.3, -0.25) is 10.1 Å². The zero-order valence-electron chi connectivity index (χ0n) is 11.4. The molecule has 0 aromatic carbocycles. The van der Waals surface area contributed by atoms with Crippen LogP contribution in [0.15, 0.2) is 12.1 Å². The summed E-state index contributed by atoms with van der Waals surface area (Å²) in [7, 11) is 0. The number of aryl methyl sites for hydroxylation is 1. The van der Waals surface area contributed by atoms with E-state index in [1.807, 2.05) is 13.8 Å². The van der Waals surface area contributed by atoms with Gasteiger partial charge in [0.1, 0.15) is 0 Å². The fourth-order valence-electron chi connectivity index (χ4n) is 2.13. The summed E-state index contributed by atoms with van der Waals surface area (Å²) >= 11 is 0. The largest absolute Gasteiger partial charge is 0.362 e. The highest BCUT2D eigenvalue weighted by atomic mass is 16.6. The molecular weight excluding hydrogens is 230 g/mol. The molecule has 1 rings (SSSR count). The van der Waals surface area contributed by atoms with E-state index in [0.29, 0.717) is 11.7 Å². The van der Waals surface area contributed by atoms with Crippen molar-refractivity contribution < 1.29 is 4.92 Å². The monoisotopic (exact) mass is 251 g/mol. The molecule has 0 aliphatic carbocycles. The van der Waals surface area contributed by atoms with Crippen LogP contribution in [0.1, 0.15) is 39.3 Å². The van der Waals surface area contributed by atoms with Crippen molar-refractivity contribution in [3.63, 3.8) is 0 Å². The molecular formula is C13H21N3O2. The van der Waals surface area contributed by atoms with E-state index in [2.05, 4.69) is 24.1 Å². The number of rotatable bonds is 6. The summed E-state index contributed by atoms with van der Waals surface area (Å²) in [6, 6.07) is 3.34. The molecule has 0 saturated heterocycles. The van der Waals surface area contributed by atoms with Crippen LogP contribution in [0, 0.1) is 23.0 Å². The molecule has 100 valence electrons. The van der Waals surface area contributed by atoms with E-state index in [1.54, 1.807) is 6.07 Å². The van der Waals surface area contributed by atoms with Gasteiger partial charge in [0.2, 0.25) is 5.82 Å². The van der Waals surface area contributed by atoms with E-state index >= 15 is 0 Å². The third-order valence-corrected chi connectivity index (χ3v) is 3.33. The second-order valence-corrected chi connectivity index (χ2v) is 4.59. The van der Waals surface area contributed by atoms with E-state index < -0.39 is 4.92 Å². The molecule has 1 aromatic heterocycles. The van der Waals surface area contributed by atoms with Crippen molar-refractivity contribution in [2.45, 2.75) is 46.6 Å². The van der Waals surface area contributed by atoms with Crippen molar-refractivity contribution in [3.8, 4) is 0 Å². The van der Waals surface area contributed by atoms with Crippen LogP contribution in [0.2, 0.25) is 0 Å². The van der Waals surface area contributed by atoms with Crippen LogP contribution in [-0.2, 0) is 0 Å². The molecule has 1 heterocycles. The van der Waals surface area contributed by atoms with Crippen LogP contribution in [0.25, 0.3) is 0 Å². The summed E-state index contributed by atoms with van der Waals surface area (Å²) in [4.78, 5) is 14.8. The van der Waals surface area contributed by atoms with Gasteiger partial charge in [-0.25, -0.2) is 4.98 Å². The van der Waals surface area contributed by atoms with E-state index in [9.17, 15) is 10.1 Å². The number of nitrogens with one attached hydrogen (secondary N) is 1. The number of anilines is 1. The van der Waals surface area contributed by atoms with Crippen LogP contribution >= 0.6 is 0 Å². The molecule has 0 spiro atoms. The van der Waals surface area contributed by atoms with Crippen LogP contribution in [0.3, 0.4) is 0 Å². The lowest BCUT2D eigenvalue weighted by Gasteiger charge is -2.22. The van der Waals surface area contributed by atoms with E-state index in [0.717, 1.165) is 18.5 Å². The molecule has 1 N–H and O–H groups in total. The molecule has 1 atom stereocenters. The first-order valence-electron chi connectivity index (χ1n) is 6.38. The molecule has 0 amide bonds. The van der Waals surface area contributed by atoms with Gasteiger partial charge in [-0.15, -0.1) is 0 Å². The Bertz CT molecular complexity index is 417. The fraction of sp³-hybridized carbons (Fsp3) is 0.615. The van der Waals surface area contributed by atoms with Gasteiger partial charge >= 0.3 is 5.69 Å². The van der Waals surface area contributed by atoms with Crippen molar-refractivity contribution in [1.82, 2.24) is 4.98 Å². The number of hydrogen-bond donors (Lipinski definition) is 1. The minimum absolute atomic E-state index is 0.0402. The van der Waals surface area contributed by atoms with Crippen molar-refractivity contribution in [2.24, 2.45) is 5.92 Å². The Kier molecular flexibility index (Phi) is 5.07. The Balaban J connectivity index is 2.95. The van der Waals surface area contributed by atoms with Gasteiger partial charge in [0.25, 0.3) is 0 Å². The van der Waals surface area contributed by atoms with Crippen LogP contribution < -0.4 is 5.32 Å².